The number of benzene rings is 1. The Kier molecular flexibility index (Phi) is 2.64. The molecule has 5 heteroatoms. The fourth-order valence-corrected chi connectivity index (χ4v) is 1.85. The Morgan fingerprint density at radius 2 is 2.11 bits per heavy atom. The van der Waals surface area contributed by atoms with Gasteiger partial charge in [0.1, 0.15) is 17.8 Å². The third-order valence-corrected chi connectivity index (χ3v) is 2.75. The minimum atomic E-state index is -0.230. The number of aromatic amines is 1. The molecule has 2 heterocycles. The Morgan fingerprint density at radius 1 is 1.22 bits per heavy atom. The third kappa shape index (κ3) is 1.90. The molecule has 90 valence electrons. The van der Waals surface area contributed by atoms with Crippen LogP contribution in [0.5, 0.6) is 0 Å². The average Bonchev–Trinajstić information content (AvgIpc) is 3.02. The van der Waals surface area contributed by atoms with Crippen LogP contribution in [-0.2, 0) is 6.42 Å². The van der Waals surface area contributed by atoms with Gasteiger partial charge in [-0.15, -0.1) is 0 Å². The van der Waals surface area contributed by atoms with Gasteiger partial charge in [-0.1, -0.05) is 23.4 Å². The van der Waals surface area contributed by atoms with Gasteiger partial charge in [-0.2, -0.15) is 5.10 Å². The molecule has 0 aliphatic carbocycles. The molecule has 0 spiro atoms. The van der Waals surface area contributed by atoms with Gasteiger partial charge in [0.05, 0.1) is 5.69 Å². The van der Waals surface area contributed by atoms with Crippen molar-refractivity contribution in [1.82, 2.24) is 15.4 Å². The molecule has 0 bridgehead atoms. The van der Waals surface area contributed by atoms with Gasteiger partial charge in [-0.05, 0) is 11.6 Å². The van der Waals surface area contributed by atoms with Crippen LogP contribution in [0.4, 0.5) is 4.39 Å². The number of aromatic nitrogens is 3. The number of nitrogens with one attached hydrogen (secondary N) is 1. The lowest BCUT2D eigenvalue weighted by Gasteiger charge is -2.01. The largest absolute Gasteiger partial charge is 0.364 e. The molecule has 18 heavy (non-hydrogen) atoms. The molecule has 0 fully saturated rings. The minimum absolute atomic E-state index is 0.230. The van der Waals surface area contributed by atoms with Gasteiger partial charge in [0.25, 0.3) is 0 Å². The molecule has 0 atom stereocenters. The van der Waals surface area contributed by atoms with Gasteiger partial charge < -0.3 is 4.52 Å². The molecule has 0 aliphatic rings. The highest BCUT2D eigenvalue weighted by atomic mass is 19.1. The molecule has 0 radical (unpaired) electrons. The first-order valence-corrected chi connectivity index (χ1v) is 5.51. The number of hydrogen-bond acceptors (Lipinski definition) is 3. The van der Waals surface area contributed by atoms with E-state index in [1.54, 1.807) is 30.5 Å². The molecular weight excluding hydrogens is 233 g/mol. The standard InChI is InChI=1S/C13H10FN3O/c14-11-4-2-1-3-9(11)7-13-10(8-15-16-13)12-5-6-18-17-12/h1-6,8H,7H2,(H,15,16). The Hall–Kier alpha value is -2.43. The molecule has 0 amide bonds. The summed E-state index contributed by atoms with van der Waals surface area (Å²) in [5.41, 5.74) is 2.87. The normalized spacial score (nSPS) is 10.7. The molecule has 3 aromatic rings. The second-order valence-electron chi connectivity index (χ2n) is 3.90. The summed E-state index contributed by atoms with van der Waals surface area (Å²) in [6, 6.07) is 8.41. The van der Waals surface area contributed by atoms with Gasteiger partial charge in [-0.3, -0.25) is 5.10 Å². The molecule has 2 aromatic heterocycles. The Labute approximate surface area is 102 Å². The Morgan fingerprint density at radius 3 is 2.89 bits per heavy atom. The van der Waals surface area contributed by atoms with E-state index in [4.69, 9.17) is 4.52 Å². The van der Waals surface area contributed by atoms with Crippen molar-refractivity contribution in [2.75, 3.05) is 0 Å². The number of halogens is 1. The summed E-state index contributed by atoms with van der Waals surface area (Å²) in [5, 5.41) is 10.8. The van der Waals surface area contributed by atoms with E-state index < -0.39 is 0 Å². The zero-order chi connectivity index (χ0) is 12.4. The van der Waals surface area contributed by atoms with Gasteiger partial charge in [0.2, 0.25) is 0 Å². The van der Waals surface area contributed by atoms with Crippen molar-refractivity contribution in [3.05, 3.63) is 59.9 Å². The van der Waals surface area contributed by atoms with E-state index in [2.05, 4.69) is 15.4 Å². The van der Waals surface area contributed by atoms with Gasteiger partial charge in [-0.25, -0.2) is 4.39 Å². The fourth-order valence-electron chi connectivity index (χ4n) is 1.85. The highest BCUT2D eigenvalue weighted by molar-refractivity contribution is 5.60. The molecule has 1 N–H and O–H groups in total. The number of rotatable bonds is 3. The van der Waals surface area contributed by atoms with Gasteiger partial charge in [0, 0.05) is 24.2 Å². The minimum Gasteiger partial charge on any atom is -0.364 e. The summed E-state index contributed by atoms with van der Waals surface area (Å²) < 4.78 is 18.4. The summed E-state index contributed by atoms with van der Waals surface area (Å²) in [7, 11) is 0. The first-order valence-electron chi connectivity index (χ1n) is 5.51. The van der Waals surface area contributed by atoms with Crippen LogP contribution in [0.15, 0.2) is 47.3 Å². The zero-order valence-electron chi connectivity index (χ0n) is 9.43. The molecule has 4 nitrogen and oxygen atoms in total. The number of hydrogen-bond donors (Lipinski definition) is 1. The molecule has 0 aliphatic heterocycles. The van der Waals surface area contributed by atoms with Crippen LogP contribution < -0.4 is 0 Å². The topological polar surface area (TPSA) is 54.7 Å². The Balaban J connectivity index is 1.95. The van der Waals surface area contributed by atoms with Gasteiger partial charge in [0.15, 0.2) is 0 Å². The fraction of sp³-hybridized carbons (Fsp3) is 0.0769. The quantitative estimate of drug-likeness (QED) is 0.769. The van der Waals surface area contributed by atoms with Crippen LogP contribution in [-0.4, -0.2) is 15.4 Å². The van der Waals surface area contributed by atoms with Crippen LogP contribution in [0.1, 0.15) is 11.3 Å². The van der Waals surface area contributed by atoms with Crippen molar-refractivity contribution in [3.63, 3.8) is 0 Å². The van der Waals surface area contributed by atoms with Crippen LogP contribution >= 0.6 is 0 Å². The van der Waals surface area contributed by atoms with Crippen molar-refractivity contribution >= 4 is 0 Å². The average molecular weight is 243 g/mol. The van der Waals surface area contributed by atoms with Crippen molar-refractivity contribution in [3.8, 4) is 11.3 Å². The summed E-state index contributed by atoms with van der Waals surface area (Å²) in [4.78, 5) is 0. The van der Waals surface area contributed by atoms with Crippen LogP contribution in [0.25, 0.3) is 11.3 Å². The summed E-state index contributed by atoms with van der Waals surface area (Å²) in [5.74, 6) is -0.230. The van der Waals surface area contributed by atoms with E-state index >= 15 is 0 Å². The lowest BCUT2D eigenvalue weighted by Crippen LogP contribution is -1.94. The summed E-state index contributed by atoms with van der Waals surface area (Å²) in [6.07, 6.45) is 3.64. The highest BCUT2D eigenvalue weighted by Gasteiger charge is 2.12. The number of H-pyrrole nitrogens is 1. The predicted octanol–water partition coefficient (Wildman–Crippen LogP) is 2.79. The van der Waals surface area contributed by atoms with Crippen LogP contribution in [0, 0.1) is 5.82 Å². The zero-order valence-corrected chi connectivity index (χ0v) is 9.43. The van der Waals surface area contributed by atoms with Crippen molar-refractivity contribution in [2.24, 2.45) is 0 Å². The summed E-state index contributed by atoms with van der Waals surface area (Å²) in [6.45, 7) is 0. The smallest absolute Gasteiger partial charge is 0.126 e. The monoisotopic (exact) mass is 243 g/mol. The van der Waals surface area contributed by atoms with E-state index in [0.717, 1.165) is 11.3 Å². The maximum atomic E-state index is 13.6. The van der Waals surface area contributed by atoms with Crippen molar-refractivity contribution < 1.29 is 8.91 Å². The third-order valence-electron chi connectivity index (χ3n) is 2.75. The summed E-state index contributed by atoms with van der Waals surface area (Å²) >= 11 is 0. The van der Waals surface area contributed by atoms with Crippen molar-refractivity contribution in [2.45, 2.75) is 6.42 Å². The second-order valence-corrected chi connectivity index (χ2v) is 3.90. The highest BCUT2D eigenvalue weighted by Crippen LogP contribution is 2.22. The molecule has 0 saturated heterocycles. The van der Waals surface area contributed by atoms with Crippen molar-refractivity contribution in [1.29, 1.82) is 0 Å². The second kappa shape index (κ2) is 4.44. The Bertz CT molecular complexity index is 646. The molecule has 0 saturated carbocycles. The van der Waals surface area contributed by atoms with E-state index in [0.29, 0.717) is 17.7 Å². The maximum absolute atomic E-state index is 13.6. The number of nitrogens with zero attached hydrogens (tertiary/aromatic N) is 2. The maximum Gasteiger partial charge on any atom is 0.126 e. The van der Waals surface area contributed by atoms with E-state index in [-0.39, 0.29) is 5.82 Å². The predicted molar refractivity (Wildman–Crippen MR) is 63.3 cm³/mol. The molecule has 0 unspecified atom stereocenters. The van der Waals surface area contributed by atoms with Crippen LogP contribution in [0.3, 0.4) is 0 Å². The first kappa shape index (κ1) is 10.7. The molecule has 3 rings (SSSR count). The SMILES string of the molecule is Fc1ccccc1Cc1n[nH]cc1-c1ccon1. The molecular formula is C13H10FN3O. The van der Waals surface area contributed by atoms with E-state index in [9.17, 15) is 4.39 Å². The van der Waals surface area contributed by atoms with Gasteiger partial charge >= 0.3 is 0 Å². The lowest BCUT2D eigenvalue weighted by molar-refractivity contribution is 0.422. The first-order chi connectivity index (χ1) is 8.84. The van der Waals surface area contributed by atoms with E-state index in [1.807, 2.05) is 0 Å². The van der Waals surface area contributed by atoms with E-state index in [1.165, 1.54) is 12.3 Å². The van der Waals surface area contributed by atoms with Crippen LogP contribution in [0.2, 0.25) is 0 Å². The lowest BCUT2D eigenvalue weighted by atomic mass is 10.1. The molecule has 1 aromatic carbocycles.